The average Bonchev–Trinajstić information content (AvgIpc) is 3.80. The molecule has 2 aliphatic heterocycles. The lowest BCUT2D eigenvalue weighted by molar-refractivity contribution is -0.145. The van der Waals surface area contributed by atoms with Crippen LogP contribution in [0.2, 0.25) is 0 Å². The van der Waals surface area contributed by atoms with Crippen molar-refractivity contribution >= 4 is 35.4 Å². The van der Waals surface area contributed by atoms with E-state index in [4.69, 9.17) is 5.73 Å². The number of nitrogens with two attached hydrogens (primary N) is 1. The number of hydrogen-bond donors (Lipinski definition) is 4. The first-order chi connectivity index (χ1) is 20.4. The van der Waals surface area contributed by atoms with Gasteiger partial charge in [-0.3, -0.25) is 24.0 Å². The van der Waals surface area contributed by atoms with Gasteiger partial charge in [0.25, 0.3) is 5.91 Å². The van der Waals surface area contributed by atoms with E-state index in [-0.39, 0.29) is 35.0 Å². The fourth-order valence-electron chi connectivity index (χ4n) is 7.11. The van der Waals surface area contributed by atoms with Gasteiger partial charge in [-0.15, -0.1) is 0 Å². The Kier molecular flexibility index (Phi) is 9.71. The van der Waals surface area contributed by atoms with Crippen LogP contribution in [0.3, 0.4) is 0 Å². The molecule has 1 unspecified atom stereocenters. The normalized spacial score (nSPS) is 26.2. The summed E-state index contributed by atoms with van der Waals surface area (Å²) in [6.45, 7) is 15.0. The van der Waals surface area contributed by atoms with Crippen molar-refractivity contribution in [3.05, 3.63) is 0 Å². The summed E-state index contributed by atoms with van der Waals surface area (Å²) in [6, 6.07) is -4.24. The minimum atomic E-state index is -1.10. The van der Waals surface area contributed by atoms with Gasteiger partial charge in [0.1, 0.15) is 18.1 Å². The Morgan fingerprint density at radius 2 is 1.52 bits per heavy atom. The lowest BCUT2D eigenvalue weighted by atomic mass is 9.85. The number of urea groups is 1. The standard InChI is InChI=1S/C32H52N6O6/c1-17(2)22(28(42)37-13-9-8-10-14-37)35-30(44)36-25(31(3,4)5)29(43)38-16-19-21(32(19,6)7)23(38)27(41)34-20(15-18-11-12-18)24(39)26(33)40/h17-23,25H,8-16H2,1-7H3,(H2,33,40)(H,34,41)(H2,35,36,44)/t19-,20?,21-,22-,23-,25+/m0/s1. The molecule has 0 spiro atoms. The zero-order valence-electron chi connectivity index (χ0n) is 27.4. The van der Waals surface area contributed by atoms with Gasteiger partial charge in [0, 0.05) is 19.6 Å². The number of carbonyl (C=O) groups excluding carboxylic acids is 6. The quantitative estimate of drug-likeness (QED) is 0.257. The molecule has 6 amide bonds. The summed E-state index contributed by atoms with van der Waals surface area (Å²) in [5.74, 6) is -2.90. The van der Waals surface area contributed by atoms with Gasteiger partial charge in [0.15, 0.2) is 0 Å². The van der Waals surface area contributed by atoms with Crippen LogP contribution in [0.1, 0.15) is 87.0 Å². The van der Waals surface area contributed by atoms with E-state index >= 15 is 0 Å². The van der Waals surface area contributed by atoms with Crippen molar-refractivity contribution in [2.45, 2.75) is 111 Å². The van der Waals surface area contributed by atoms with E-state index in [0.29, 0.717) is 26.1 Å². The van der Waals surface area contributed by atoms with Crippen LogP contribution >= 0.6 is 0 Å². The third-order valence-corrected chi connectivity index (χ3v) is 10.2. The van der Waals surface area contributed by atoms with Crippen LogP contribution < -0.4 is 21.7 Å². The number of amides is 6. The number of primary amides is 1. The monoisotopic (exact) mass is 616 g/mol. The van der Waals surface area contributed by atoms with Crippen molar-refractivity contribution in [3.63, 3.8) is 0 Å². The van der Waals surface area contributed by atoms with Gasteiger partial charge >= 0.3 is 6.03 Å². The third-order valence-electron chi connectivity index (χ3n) is 10.2. The highest BCUT2D eigenvalue weighted by atomic mass is 16.2. The molecule has 2 saturated carbocycles. The van der Waals surface area contributed by atoms with Crippen LogP contribution in [0.25, 0.3) is 0 Å². The smallest absolute Gasteiger partial charge is 0.316 e. The van der Waals surface area contributed by atoms with Crippen LogP contribution in [0.5, 0.6) is 0 Å². The molecule has 6 atom stereocenters. The summed E-state index contributed by atoms with van der Waals surface area (Å²) < 4.78 is 0. The molecule has 12 heteroatoms. The van der Waals surface area contributed by atoms with Gasteiger partial charge in [-0.1, -0.05) is 61.3 Å². The van der Waals surface area contributed by atoms with Crippen molar-refractivity contribution in [1.82, 2.24) is 25.8 Å². The van der Waals surface area contributed by atoms with Crippen LogP contribution in [0.15, 0.2) is 0 Å². The summed E-state index contributed by atoms with van der Waals surface area (Å²) in [5.41, 5.74) is 4.39. The van der Waals surface area contributed by atoms with E-state index in [1.54, 1.807) is 4.90 Å². The fraction of sp³-hybridized carbons (Fsp3) is 0.812. The van der Waals surface area contributed by atoms with Gasteiger partial charge in [0.2, 0.25) is 23.5 Å². The highest BCUT2D eigenvalue weighted by molar-refractivity contribution is 6.37. The Balaban J connectivity index is 1.51. The second kappa shape index (κ2) is 12.7. The molecule has 2 saturated heterocycles. The number of fused-ring (bicyclic) bond motifs is 1. The number of rotatable bonds is 11. The van der Waals surface area contributed by atoms with E-state index < -0.39 is 59.1 Å². The molecule has 4 fully saturated rings. The Bertz CT molecular complexity index is 1170. The van der Waals surface area contributed by atoms with Gasteiger partial charge in [0.05, 0.1) is 6.04 Å². The molecular weight excluding hydrogens is 564 g/mol. The molecule has 44 heavy (non-hydrogen) atoms. The van der Waals surface area contributed by atoms with Crippen LogP contribution in [0, 0.1) is 34.5 Å². The maximum absolute atomic E-state index is 14.2. The van der Waals surface area contributed by atoms with Crippen LogP contribution in [0.4, 0.5) is 4.79 Å². The van der Waals surface area contributed by atoms with Gasteiger partial charge < -0.3 is 31.5 Å². The van der Waals surface area contributed by atoms with Crippen LogP contribution in [-0.4, -0.2) is 89.0 Å². The number of nitrogens with one attached hydrogen (secondary N) is 3. The van der Waals surface area contributed by atoms with E-state index in [9.17, 15) is 28.8 Å². The van der Waals surface area contributed by atoms with Crippen molar-refractivity contribution in [2.75, 3.05) is 19.6 Å². The molecule has 0 aromatic carbocycles. The summed E-state index contributed by atoms with van der Waals surface area (Å²) in [6.07, 6.45) is 5.13. The Morgan fingerprint density at radius 1 is 0.909 bits per heavy atom. The predicted octanol–water partition coefficient (Wildman–Crippen LogP) is 1.56. The minimum Gasteiger partial charge on any atom is -0.363 e. The molecule has 246 valence electrons. The Morgan fingerprint density at radius 3 is 2.05 bits per heavy atom. The zero-order chi connectivity index (χ0) is 32.7. The zero-order valence-corrected chi connectivity index (χ0v) is 27.4. The Hall–Kier alpha value is -3.18. The summed E-state index contributed by atoms with van der Waals surface area (Å²) >= 11 is 0. The molecule has 0 aromatic rings. The first-order valence-electron chi connectivity index (χ1n) is 16.3. The van der Waals surface area contributed by atoms with Crippen LogP contribution in [-0.2, 0) is 24.0 Å². The molecule has 0 bridgehead atoms. The summed E-state index contributed by atoms with van der Waals surface area (Å²) in [7, 11) is 0. The summed E-state index contributed by atoms with van der Waals surface area (Å²) in [4.78, 5) is 82.3. The third kappa shape index (κ3) is 7.20. The fourth-order valence-corrected chi connectivity index (χ4v) is 7.11. The largest absolute Gasteiger partial charge is 0.363 e. The molecule has 2 heterocycles. The molecule has 12 nitrogen and oxygen atoms in total. The minimum absolute atomic E-state index is 0.0813. The molecule has 0 aromatic heterocycles. The maximum atomic E-state index is 14.2. The molecule has 5 N–H and O–H groups in total. The van der Waals surface area contributed by atoms with E-state index in [0.717, 1.165) is 32.1 Å². The first-order valence-corrected chi connectivity index (χ1v) is 16.3. The lowest BCUT2D eigenvalue weighted by Crippen LogP contribution is -2.62. The van der Waals surface area contributed by atoms with Gasteiger partial charge in [-0.05, 0) is 60.2 Å². The van der Waals surface area contributed by atoms with Crippen molar-refractivity contribution < 1.29 is 28.8 Å². The maximum Gasteiger partial charge on any atom is 0.316 e. The molecule has 4 rings (SSSR count). The highest BCUT2D eigenvalue weighted by Crippen LogP contribution is 2.65. The molecule has 4 aliphatic rings. The number of ketones is 1. The highest BCUT2D eigenvalue weighted by Gasteiger charge is 2.70. The number of likely N-dealkylation sites (tertiary alicyclic amines) is 2. The van der Waals surface area contributed by atoms with Crippen molar-refractivity contribution in [2.24, 2.45) is 40.2 Å². The predicted molar refractivity (Wildman–Crippen MR) is 164 cm³/mol. The average molecular weight is 617 g/mol. The number of carbonyl (C=O) groups is 6. The Labute approximate surface area is 261 Å². The molecule has 2 aliphatic carbocycles. The molecule has 0 radical (unpaired) electrons. The van der Waals surface area contributed by atoms with E-state index in [1.165, 1.54) is 4.90 Å². The van der Waals surface area contributed by atoms with E-state index in [2.05, 4.69) is 29.8 Å². The van der Waals surface area contributed by atoms with Gasteiger partial charge in [-0.2, -0.15) is 0 Å². The lowest BCUT2D eigenvalue weighted by Gasteiger charge is -2.38. The van der Waals surface area contributed by atoms with Gasteiger partial charge in [-0.25, -0.2) is 4.79 Å². The topological polar surface area (TPSA) is 171 Å². The van der Waals surface area contributed by atoms with Crippen molar-refractivity contribution in [1.29, 1.82) is 0 Å². The first kappa shape index (κ1) is 33.7. The number of piperidine rings is 2. The number of Topliss-reactive ketones (excluding diaryl/α,β-unsaturated/α-hetero) is 1. The summed E-state index contributed by atoms with van der Waals surface area (Å²) in [5, 5.41) is 8.43. The van der Waals surface area contributed by atoms with Crippen molar-refractivity contribution in [3.8, 4) is 0 Å². The number of nitrogens with zero attached hydrogens (tertiary/aromatic N) is 2. The van der Waals surface area contributed by atoms with E-state index in [1.807, 2.05) is 34.6 Å². The second-order valence-corrected chi connectivity index (χ2v) is 15.4. The SMILES string of the molecule is CC(C)[C@H](NC(=O)N[C@H](C(=O)N1C[C@H]2[C@@H]([C@H]1C(=O)NC(CC1CC1)C(=O)C(N)=O)C2(C)C)C(C)(C)C)C(=O)N1CCCCC1. The second-order valence-electron chi connectivity index (χ2n) is 15.4. The molecular formula is C32H52N6O6. The number of hydrogen-bond acceptors (Lipinski definition) is 6.